The first-order valence-corrected chi connectivity index (χ1v) is 12.7. The summed E-state index contributed by atoms with van der Waals surface area (Å²) in [6.45, 7) is 13.7. The normalized spacial score (nSPS) is 15.5. The predicted octanol–water partition coefficient (Wildman–Crippen LogP) is 2.81. The van der Waals surface area contributed by atoms with Gasteiger partial charge in [0.25, 0.3) is 5.56 Å². The Bertz CT molecular complexity index is 1310. The maximum atomic E-state index is 12.6. The number of pyridine rings is 1. The minimum Gasteiger partial charge on any atom is -0.396 e. The van der Waals surface area contributed by atoms with Crippen molar-refractivity contribution in [3.63, 3.8) is 0 Å². The van der Waals surface area contributed by atoms with Crippen LogP contribution in [-0.2, 0) is 17.9 Å². The van der Waals surface area contributed by atoms with Crippen molar-refractivity contribution in [2.45, 2.75) is 39.9 Å². The zero-order chi connectivity index (χ0) is 26.6. The highest BCUT2D eigenvalue weighted by Crippen LogP contribution is 2.22. The van der Waals surface area contributed by atoms with E-state index < -0.39 is 5.41 Å². The molecule has 3 heterocycles. The lowest BCUT2D eigenvalue weighted by Crippen LogP contribution is -2.47. The number of hydrogen-bond donors (Lipinski definition) is 2. The molecule has 1 saturated heterocycles. The van der Waals surface area contributed by atoms with E-state index in [9.17, 15) is 14.7 Å². The monoisotopic (exact) mass is 504 g/mol. The Hall–Kier alpha value is -3.56. The molecule has 1 aliphatic rings. The van der Waals surface area contributed by atoms with Crippen molar-refractivity contribution in [2.24, 2.45) is 5.41 Å². The van der Waals surface area contributed by atoms with Crippen LogP contribution in [0.4, 0.5) is 5.95 Å². The molecule has 4 rings (SSSR count). The Kier molecular flexibility index (Phi) is 8.04. The number of anilines is 1. The molecule has 1 amide bonds. The molecule has 0 radical (unpaired) electrons. The van der Waals surface area contributed by atoms with Crippen molar-refractivity contribution in [1.82, 2.24) is 24.3 Å². The lowest BCUT2D eigenvalue weighted by atomic mass is 9.95. The van der Waals surface area contributed by atoms with E-state index in [1.807, 2.05) is 25.7 Å². The van der Waals surface area contributed by atoms with Crippen molar-refractivity contribution in [3.8, 4) is 0 Å². The van der Waals surface area contributed by atoms with Gasteiger partial charge in [0.05, 0.1) is 6.04 Å². The molecule has 0 spiro atoms. The van der Waals surface area contributed by atoms with Crippen LogP contribution in [0.5, 0.6) is 0 Å². The Labute approximate surface area is 217 Å². The Morgan fingerprint density at radius 3 is 2.51 bits per heavy atom. The number of carbonyl (C=O) groups is 1. The van der Waals surface area contributed by atoms with Gasteiger partial charge >= 0.3 is 0 Å². The summed E-state index contributed by atoms with van der Waals surface area (Å²) in [5.41, 5.74) is 2.25. The molecule has 9 nitrogen and oxygen atoms in total. The molecule has 1 atom stereocenters. The van der Waals surface area contributed by atoms with E-state index in [1.165, 1.54) is 17.7 Å². The third kappa shape index (κ3) is 6.42. The fourth-order valence-electron chi connectivity index (χ4n) is 4.47. The third-order valence-electron chi connectivity index (χ3n) is 6.83. The van der Waals surface area contributed by atoms with Crippen LogP contribution in [0.25, 0.3) is 11.0 Å². The number of benzene rings is 1. The van der Waals surface area contributed by atoms with Gasteiger partial charge in [0.2, 0.25) is 11.9 Å². The van der Waals surface area contributed by atoms with Gasteiger partial charge in [-0.1, -0.05) is 44.7 Å². The largest absolute Gasteiger partial charge is 0.396 e. The zero-order valence-electron chi connectivity index (χ0n) is 21.9. The first-order chi connectivity index (χ1) is 17.7. The maximum Gasteiger partial charge on any atom is 0.252 e. The third-order valence-corrected chi connectivity index (χ3v) is 6.83. The molecule has 1 fully saturated rings. The SMILES string of the molecule is C=CC(=O)N1CCN(Cc2ccc([C@H](C)Nc3ncc4ccc(=O)n(CC(C)(C)CO)c4n3)cc2)CC1. The van der Waals surface area contributed by atoms with Gasteiger partial charge in [-0.3, -0.25) is 19.1 Å². The van der Waals surface area contributed by atoms with E-state index >= 15 is 0 Å². The fourth-order valence-corrected chi connectivity index (χ4v) is 4.47. The molecule has 0 bridgehead atoms. The molecular weight excluding hydrogens is 468 g/mol. The summed E-state index contributed by atoms with van der Waals surface area (Å²) in [6, 6.07) is 11.7. The van der Waals surface area contributed by atoms with E-state index in [2.05, 4.69) is 51.0 Å². The molecule has 0 saturated carbocycles. The van der Waals surface area contributed by atoms with Crippen LogP contribution in [-0.4, -0.2) is 68.1 Å². The molecule has 0 aliphatic carbocycles. The molecule has 3 aromatic rings. The summed E-state index contributed by atoms with van der Waals surface area (Å²) in [5, 5.41) is 13.8. The summed E-state index contributed by atoms with van der Waals surface area (Å²) in [7, 11) is 0. The number of nitrogens with one attached hydrogen (secondary N) is 1. The van der Waals surface area contributed by atoms with Crippen molar-refractivity contribution >= 4 is 22.9 Å². The Morgan fingerprint density at radius 1 is 1.16 bits per heavy atom. The van der Waals surface area contributed by atoms with Crippen LogP contribution in [0.3, 0.4) is 0 Å². The number of aliphatic hydroxyl groups excluding tert-OH is 1. The van der Waals surface area contributed by atoms with Gasteiger partial charge < -0.3 is 15.3 Å². The lowest BCUT2D eigenvalue weighted by Gasteiger charge is -2.34. The molecule has 1 aromatic carbocycles. The quantitative estimate of drug-likeness (QED) is 0.432. The van der Waals surface area contributed by atoms with Crippen molar-refractivity contribution in [1.29, 1.82) is 0 Å². The average molecular weight is 505 g/mol. The number of aromatic nitrogens is 3. The fraction of sp³-hybridized carbons (Fsp3) is 0.429. The van der Waals surface area contributed by atoms with Gasteiger partial charge in [0.1, 0.15) is 5.65 Å². The van der Waals surface area contributed by atoms with Crippen molar-refractivity contribution in [3.05, 3.63) is 76.7 Å². The van der Waals surface area contributed by atoms with Gasteiger partial charge in [0.15, 0.2) is 0 Å². The summed E-state index contributed by atoms with van der Waals surface area (Å²) < 4.78 is 1.60. The highest BCUT2D eigenvalue weighted by atomic mass is 16.3. The van der Waals surface area contributed by atoms with Crippen LogP contribution in [0, 0.1) is 5.41 Å². The standard InChI is InChI=1S/C28H36N6O3/c1-5-24(36)33-14-12-32(13-15-33)17-21-6-8-22(9-7-21)20(2)30-27-29-16-23-10-11-25(37)34(26(23)31-27)18-28(3,4)19-35/h5-11,16,20,35H,1,12-15,17-19H2,2-4H3,(H,29,30,31)/t20-/m0/s1. The second-order valence-corrected chi connectivity index (χ2v) is 10.5. The predicted molar refractivity (Wildman–Crippen MR) is 145 cm³/mol. The van der Waals surface area contributed by atoms with Gasteiger partial charge in [-0.05, 0) is 30.2 Å². The van der Waals surface area contributed by atoms with E-state index in [-0.39, 0.29) is 24.1 Å². The number of rotatable bonds is 9. The maximum absolute atomic E-state index is 12.6. The summed E-state index contributed by atoms with van der Waals surface area (Å²) in [4.78, 5) is 37.7. The molecule has 2 N–H and O–H groups in total. The average Bonchev–Trinajstić information content (AvgIpc) is 2.90. The van der Waals surface area contributed by atoms with Gasteiger partial charge in [-0.15, -0.1) is 0 Å². The van der Waals surface area contributed by atoms with Gasteiger partial charge in [-0.2, -0.15) is 4.98 Å². The van der Waals surface area contributed by atoms with E-state index in [1.54, 1.807) is 16.8 Å². The minimum absolute atomic E-state index is 0.00170. The highest BCUT2D eigenvalue weighted by molar-refractivity contribution is 5.87. The summed E-state index contributed by atoms with van der Waals surface area (Å²) in [6.07, 6.45) is 3.09. The molecule has 2 aromatic heterocycles. The molecule has 1 aliphatic heterocycles. The highest BCUT2D eigenvalue weighted by Gasteiger charge is 2.21. The number of carbonyl (C=O) groups excluding carboxylic acids is 1. The molecule has 0 unspecified atom stereocenters. The number of fused-ring (bicyclic) bond motifs is 1. The number of piperazine rings is 1. The smallest absolute Gasteiger partial charge is 0.252 e. The zero-order valence-corrected chi connectivity index (χ0v) is 21.9. The summed E-state index contributed by atoms with van der Waals surface area (Å²) in [5.74, 6) is 0.440. The molecule has 9 heteroatoms. The number of nitrogens with zero attached hydrogens (tertiary/aromatic N) is 5. The Balaban J connectivity index is 1.42. The topological polar surface area (TPSA) is 104 Å². The van der Waals surface area contributed by atoms with E-state index in [4.69, 9.17) is 0 Å². The van der Waals surface area contributed by atoms with Crippen LogP contribution >= 0.6 is 0 Å². The number of aliphatic hydroxyl groups is 1. The second kappa shape index (κ2) is 11.2. The lowest BCUT2D eigenvalue weighted by molar-refractivity contribution is -0.127. The van der Waals surface area contributed by atoms with Crippen LogP contribution < -0.4 is 10.9 Å². The minimum atomic E-state index is -0.456. The molecule has 37 heavy (non-hydrogen) atoms. The van der Waals surface area contributed by atoms with Crippen LogP contribution in [0.15, 0.2) is 60.0 Å². The summed E-state index contributed by atoms with van der Waals surface area (Å²) >= 11 is 0. The van der Waals surface area contributed by atoms with Crippen LogP contribution in [0.1, 0.15) is 37.9 Å². The van der Waals surface area contributed by atoms with Crippen molar-refractivity contribution < 1.29 is 9.90 Å². The first-order valence-electron chi connectivity index (χ1n) is 12.7. The van der Waals surface area contributed by atoms with Crippen LogP contribution in [0.2, 0.25) is 0 Å². The van der Waals surface area contributed by atoms with E-state index in [0.717, 1.165) is 43.7 Å². The van der Waals surface area contributed by atoms with Gasteiger partial charge in [-0.25, -0.2) is 4.98 Å². The number of amides is 1. The molecular formula is C28H36N6O3. The number of hydrogen-bond acceptors (Lipinski definition) is 7. The van der Waals surface area contributed by atoms with Gasteiger partial charge in [0, 0.05) is 68.9 Å². The van der Waals surface area contributed by atoms with Crippen molar-refractivity contribution in [2.75, 3.05) is 38.1 Å². The second-order valence-electron chi connectivity index (χ2n) is 10.5. The first kappa shape index (κ1) is 26.5. The Morgan fingerprint density at radius 2 is 1.86 bits per heavy atom. The molecule has 196 valence electrons. The van der Waals surface area contributed by atoms with E-state index in [0.29, 0.717) is 18.1 Å².